The Morgan fingerprint density at radius 2 is 2.00 bits per heavy atom. The van der Waals surface area contributed by atoms with E-state index in [0.29, 0.717) is 25.2 Å². The molecule has 1 aromatic carbocycles. The van der Waals surface area contributed by atoms with Gasteiger partial charge >= 0.3 is 0 Å². The normalized spacial score (nSPS) is 18.8. The summed E-state index contributed by atoms with van der Waals surface area (Å²) < 4.78 is 14.5. The third-order valence-corrected chi connectivity index (χ3v) is 7.10. The van der Waals surface area contributed by atoms with Crippen LogP contribution < -0.4 is 22.0 Å². The molecule has 0 bridgehead atoms. The molecule has 0 radical (unpaired) electrons. The molecule has 1 heterocycles. The van der Waals surface area contributed by atoms with Gasteiger partial charge in [0.05, 0.1) is 35.5 Å². The molecule has 3 aliphatic carbocycles. The number of ether oxygens (including phenoxy) is 2. The standard InChI is InChI=1S/C27H34N6O2.C2H4.CH5N/c1-18(20-4-5-20)35-22-8-6-21(7-9-22)27-25(15-28)24-11-10-23(34-13-12-33(30)31-17-29)14-26(24)32(27)16-19-2-3-19;2*1-2/h6-8,10-11,14,17-20,22H,2-5,9,12-13,16,30H2,1H3,(H2,29,31);1-2H2;2H2,1H3. The molecule has 3 aliphatic rings. The summed E-state index contributed by atoms with van der Waals surface area (Å²) in [6.45, 7) is 9.86. The Bertz CT molecular complexity index is 1220. The molecule has 0 saturated heterocycles. The van der Waals surface area contributed by atoms with Crippen LogP contribution in [0.2, 0.25) is 0 Å². The van der Waals surface area contributed by atoms with E-state index in [1.54, 1.807) is 0 Å². The zero-order valence-electron chi connectivity index (χ0n) is 23.3. The van der Waals surface area contributed by atoms with E-state index < -0.39 is 0 Å². The number of fused-ring (bicyclic) bond motifs is 1. The Balaban J connectivity index is 0.00000100. The average Bonchev–Trinajstić information content (AvgIpc) is 3.89. The van der Waals surface area contributed by atoms with E-state index in [4.69, 9.17) is 21.1 Å². The largest absolute Gasteiger partial charge is 0.492 e. The number of hydrazine groups is 1. The van der Waals surface area contributed by atoms with E-state index in [1.165, 1.54) is 37.8 Å². The Kier molecular flexibility index (Phi) is 11.2. The van der Waals surface area contributed by atoms with Gasteiger partial charge < -0.3 is 25.5 Å². The molecule has 5 rings (SSSR count). The number of aromatic nitrogens is 1. The third-order valence-electron chi connectivity index (χ3n) is 7.10. The molecule has 0 amide bonds. The number of hydrazone groups is 1. The first-order valence-corrected chi connectivity index (χ1v) is 13.6. The summed E-state index contributed by atoms with van der Waals surface area (Å²) in [6.07, 6.45) is 13.9. The summed E-state index contributed by atoms with van der Waals surface area (Å²) in [6, 6.07) is 8.43. The highest BCUT2D eigenvalue weighted by molar-refractivity contribution is 5.95. The predicted molar refractivity (Wildman–Crippen MR) is 159 cm³/mol. The van der Waals surface area contributed by atoms with E-state index in [2.05, 4.69) is 59.8 Å². The molecule has 0 spiro atoms. The Morgan fingerprint density at radius 3 is 2.59 bits per heavy atom. The first-order chi connectivity index (χ1) is 19.1. The van der Waals surface area contributed by atoms with Crippen molar-refractivity contribution < 1.29 is 9.47 Å². The second kappa shape index (κ2) is 14.5. The van der Waals surface area contributed by atoms with Crippen LogP contribution >= 0.6 is 0 Å². The fourth-order valence-electron chi connectivity index (χ4n) is 4.81. The Hall–Kier alpha value is -3.58. The SMILES string of the molecule is C=C.CC(OC1C=CC(c2c(C#N)c3ccc(OCCN(N)/N=C\N)cc3n2CC2CC2)=CC1)C1CC1.CN. The van der Waals surface area contributed by atoms with Crippen LogP contribution in [0.1, 0.15) is 50.3 Å². The lowest BCUT2D eigenvalue weighted by molar-refractivity contribution is 0.0131. The van der Waals surface area contributed by atoms with Gasteiger partial charge in [0.1, 0.15) is 24.8 Å². The van der Waals surface area contributed by atoms with Gasteiger partial charge in [-0.25, -0.2) is 11.0 Å². The van der Waals surface area contributed by atoms with Crippen LogP contribution in [0, 0.1) is 23.2 Å². The highest BCUT2D eigenvalue weighted by Crippen LogP contribution is 2.40. The van der Waals surface area contributed by atoms with Gasteiger partial charge in [-0.15, -0.1) is 13.2 Å². The van der Waals surface area contributed by atoms with Gasteiger partial charge in [0.15, 0.2) is 0 Å². The molecule has 6 N–H and O–H groups in total. The summed E-state index contributed by atoms with van der Waals surface area (Å²) in [5.74, 6) is 7.83. The molecule has 2 atom stereocenters. The monoisotopic (exact) mass is 533 g/mol. The number of allylic oxidation sites excluding steroid dienone is 2. The minimum absolute atomic E-state index is 0.104. The first kappa shape index (κ1) is 30.0. The topological polar surface area (TPSA) is 141 Å². The molecule has 1 aromatic heterocycles. The highest BCUT2D eigenvalue weighted by Gasteiger charge is 2.31. The highest BCUT2D eigenvalue weighted by atomic mass is 16.5. The lowest BCUT2D eigenvalue weighted by Crippen LogP contribution is -2.30. The summed E-state index contributed by atoms with van der Waals surface area (Å²) in [5, 5.41) is 16.1. The van der Waals surface area contributed by atoms with Crippen LogP contribution in [0.3, 0.4) is 0 Å². The van der Waals surface area contributed by atoms with Crippen molar-refractivity contribution in [2.45, 2.75) is 57.8 Å². The molecule has 0 aliphatic heterocycles. The number of hydrogen-bond donors (Lipinski definition) is 3. The summed E-state index contributed by atoms with van der Waals surface area (Å²) in [5.41, 5.74) is 13.6. The maximum Gasteiger partial charge on any atom is 0.121 e. The molecule has 39 heavy (non-hydrogen) atoms. The maximum atomic E-state index is 10.2. The third kappa shape index (κ3) is 7.73. The Morgan fingerprint density at radius 1 is 1.26 bits per heavy atom. The summed E-state index contributed by atoms with van der Waals surface area (Å²) >= 11 is 0. The quantitative estimate of drug-likeness (QED) is 0.129. The number of nitriles is 1. The molecule has 210 valence electrons. The predicted octanol–water partition coefficient (Wildman–Crippen LogP) is 4.28. The van der Waals surface area contributed by atoms with Crippen molar-refractivity contribution in [2.24, 2.45) is 34.2 Å². The molecule has 2 unspecified atom stereocenters. The van der Waals surface area contributed by atoms with E-state index in [1.807, 2.05) is 18.2 Å². The number of nitrogens with two attached hydrogens (primary N) is 3. The van der Waals surface area contributed by atoms with Gasteiger partial charge in [0.25, 0.3) is 0 Å². The van der Waals surface area contributed by atoms with Crippen LogP contribution in [0.25, 0.3) is 16.5 Å². The zero-order chi connectivity index (χ0) is 28.4. The van der Waals surface area contributed by atoms with Crippen molar-refractivity contribution in [3.63, 3.8) is 0 Å². The zero-order valence-corrected chi connectivity index (χ0v) is 23.3. The second-order valence-electron chi connectivity index (χ2n) is 9.82. The number of rotatable bonds is 11. The number of nitrogens with zero attached hydrogens (tertiary/aromatic N) is 4. The summed E-state index contributed by atoms with van der Waals surface area (Å²) in [7, 11) is 1.50. The number of benzene rings is 1. The Labute approximate surface area is 232 Å². The van der Waals surface area contributed by atoms with Gasteiger partial charge in [-0.2, -0.15) is 10.4 Å². The van der Waals surface area contributed by atoms with Gasteiger partial charge in [-0.3, -0.25) is 0 Å². The van der Waals surface area contributed by atoms with Crippen molar-refractivity contribution in [3.05, 3.63) is 60.8 Å². The fraction of sp³-hybridized carbons (Fsp3) is 0.467. The van der Waals surface area contributed by atoms with Gasteiger partial charge in [-0.1, -0.05) is 18.2 Å². The van der Waals surface area contributed by atoms with Crippen LogP contribution in [0.15, 0.2) is 54.7 Å². The van der Waals surface area contributed by atoms with Crippen molar-refractivity contribution in [3.8, 4) is 11.8 Å². The van der Waals surface area contributed by atoms with Crippen LogP contribution in [-0.2, 0) is 11.3 Å². The van der Waals surface area contributed by atoms with Crippen molar-refractivity contribution in [1.29, 1.82) is 5.26 Å². The fourth-order valence-corrected chi connectivity index (χ4v) is 4.81. The van der Waals surface area contributed by atoms with Crippen LogP contribution in [0.5, 0.6) is 5.75 Å². The number of hydrogen-bond acceptors (Lipinski definition) is 7. The van der Waals surface area contributed by atoms with Crippen molar-refractivity contribution in [2.75, 3.05) is 20.2 Å². The minimum atomic E-state index is 0.104. The van der Waals surface area contributed by atoms with Crippen molar-refractivity contribution >= 4 is 22.8 Å². The summed E-state index contributed by atoms with van der Waals surface area (Å²) in [4.78, 5) is 0. The van der Waals surface area contributed by atoms with E-state index in [-0.39, 0.29) is 6.10 Å². The van der Waals surface area contributed by atoms with Crippen molar-refractivity contribution in [1.82, 2.24) is 9.69 Å². The van der Waals surface area contributed by atoms with Gasteiger partial charge in [0.2, 0.25) is 0 Å². The molecular formula is C30H43N7O2. The minimum Gasteiger partial charge on any atom is -0.492 e. The lowest BCUT2D eigenvalue weighted by Gasteiger charge is -2.22. The molecule has 9 heteroatoms. The molecule has 2 fully saturated rings. The van der Waals surface area contributed by atoms with E-state index in [9.17, 15) is 5.26 Å². The van der Waals surface area contributed by atoms with Gasteiger partial charge in [0, 0.05) is 18.0 Å². The van der Waals surface area contributed by atoms with Gasteiger partial charge in [-0.05, 0) is 75.6 Å². The van der Waals surface area contributed by atoms with Crippen LogP contribution in [0.4, 0.5) is 0 Å². The molecule has 9 nitrogen and oxygen atoms in total. The smallest absolute Gasteiger partial charge is 0.121 e. The van der Waals surface area contributed by atoms with E-state index >= 15 is 0 Å². The van der Waals surface area contributed by atoms with E-state index in [0.717, 1.165) is 58.7 Å². The lowest BCUT2D eigenvalue weighted by atomic mass is 9.99. The average molecular weight is 534 g/mol. The van der Waals surface area contributed by atoms with Crippen LogP contribution in [-0.4, -0.2) is 48.4 Å². The molecule has 2 saturated carbocycles. The molecule has 2 aromatic rings. The maximum absolute atomic E-state index is 10.2. The first-order valence-electron chi connectivity index (χ1n) is 13.6. The second-order valence-corrected chi connectivity index (χ2v) is 9.82. The molecular weight excluding hydrogens is 490 g/mol.